The van der Waals surface area contributed by atoms with Crippen molar-refractivity contribution in [2.45, 2.75) is 51.4 Å². The fraction of sp³-hybridized carbons (Fsp3) is 0.846. The molecule has 0 radical (unpaired) electrons. The van der Waals surface area contributed by atoms with Crippen LogP contribution in [0.3, 0.4) is 0 Å². The van der Waals surface area contributed by atoms with Crippen LogP contribution in [0.5, 0.6) is 0 Å². The predicted octanol–water partition coefficient (Wildman–Crippen LogP) is 0.0456. The zero-order valence-electron chi connectivity index (χ0n) is 11.4. The Labute approximate surface area is 112 Å². The van der Waals surface area contributed by atoms with Crippen LogP contribution in [-0.4, -0.2) is 53.5 Å². The molecule has 0 aromatic rings. The standard InChI is InChI=1S/C13H22O6/c1-8(15)5-11-3-4-12(19-11)9(2)13(17)18-7-10(16)6-14/h9-12,14,16H,3-7H2,1-2H3. The van der Waals surface area contributed by atoms with Crippen molar-refractivity contribution < 1.29 is 29.3 Å². The average molecular weight is 274 g/mol. The first kappa shape index (κ1) is 16.1. The highest BCUT2D eigenvalue weighted by molar-refractivity contribution is 5.76. The van der Waals surface area contributed by atoms with E-state index in [2.05, 4.69) is 0 Å². The van der Waals surface area contributed by atoms with Crippen LogP contribution < -0.4 is 0 Å². The Balaban J connectivity index is 2.35. The topological polar surface area (TPSA) is 93.1 Å². The Morgan fingerprint density at radius 1 is 1.42 bits per heavy atom. The summed E-state index contributed by atoms with van der Waals surface area (Å²) in [6.07, 6.45) is 0.453. The smallest absolute Gasteiger partial charge is 0.311 e. The van der Waals surface area contributed by atoms with Gasteiger partial charge in [-0.3, -0.25) is 9.59 Å². The Bertz CT molecular complexity index is 316. The van der Waals surface area contributed by atoms with Gasteiger partial charge in [0, 0.05) is 6.42 Å². The molecule has 1 aliphatic heterocycles. The number of ether oxygens (including phenoxy) is 2. The second kappa shape index (κ2) is 7.57. The molecule has 6 nitrogen and oxygen atoms in total. The second-order valence-electron chi connectivity index (χ2n) is 5.04. The van der Waals surface area contributed by atoms with Gasteiger partial charge in [-0.25, -0.2) is 0 Å². The first-order valence-electron chi connectivity index (χ1n) is 6.54. The maximum absolute atomic E-state index is 11.7. The molecule has 19 heavy (non-hydrogen) atoms. The summed E-state index contributed by atoms with van der Waals surface area (Å²) < 4.78 is 10.5. The van der Waals surface area contributed by atoms with Gasteiger partial charge in [-0.2, -0.15) is 0 Å². The van der Waals surface area contributed by atoms with E-state index in [9.17, 15) is 9.59 Å². The highest BCUT2D eigenvalue weighted by Crippen LogP contribution is 2.28. The van der Waals surface area contributed by atoms with Gasteiger partial charge in [0.15, 0.2) is 0 Å². The number of carbonyl (C=O) groups excluding carboxylic acids is 2. The zero-order valence-corrected chi connectivity index (χ0v) is 11.4. The molecule has 0 aromatic carbocycles. The van der Waals surface area contributed by atoms with Crippen molar-refractivity contribution in [3.63, 3.8) is 0 Å². The molecule has 1 aliphatic rings. The lowest BCUT2D eigenvalue weighted by molar-refractivity contribution is -0.156. The number of hydrogen-bond donors (Lipinski definition) is 2. The third-order valence-electron chi connectivity index (χ3n) is 3.21. The molecule has 1 rings (SSSR count). The number of aliphatic hydroxyl groups excluding tert-OH is 2. The van der Waals surface area contributed by atoms with Gasteiger partial charge in [0.25, 0.3) is 0 Å². The molecule has 0 bridgehead atoms. The summed E-state index contributed by atoms with van der Waals surface area (Å²) in [6, 6.07) is 0. The first-order valence-corrected chi connectivity index (χ1v) is 6.54. The second-order valence-corrected chi connectivity index (χ2v) is 5.04. The third-order valence-corrected chi connectivity index (χ3v) is 3.21. The molecule has 0 aliphatic carbocycles. The molecule has 110 valence electrons. The normalized spacial score (nSPS) is 25.9. The lowest BCUT2D eigenvalue weighted by Gasteiger charge is -2.19. The summed E-state index contributed by atoms with van der Waals surface area (Å²) in [5.41, 5.74) is 0. The molecule has 2 N–H and O–H groups in total. The van der Waals surface area contributed by atoms with Crippen LogP contribution in [0.15, 0.2) is 0 Å². The molecule has 0 aromatic heterocycles. The molecule has 1 saturated heterocycles. The van der Waals surface area contributed by atoms with E-state index in [1.165, 1.54) is 6.92 Å². The van der Waals surface area contributed by atoms with Crippen molar-refractivity contribution in [3.05, 3.63) is 0 Å². The Morgan fingerprint density at radius 2 is 2.11 bits per heavy atom. The molecular formula is C13H22O6. The summed E-state index contributed by atoms with van der Waals surface area (Å²) >= 11 is 0. The average Bonchev–Trinajstić information content (AvgIpc) is 2.81. The summed E-state index contributed by atoms with van der Waals surface area (Å²) in [7, 11) is 0. The molecule has 0 amide bonds. The largest absolute Gasteiger partial charge is 0.463 e. The Hall–Kier alpha value is -0.980. The van der Waals surface area contributed by atoms with Gasteiger partial charge >= 0.3 is 5.97 Å². The van der Waals surface area contributed by atoms with Gasteiger partial charge in [0.05, 0.1) is 24.7 Å². The minimum absolute atomic E-state index is 0.0759. The molecule has 4 atom stereocenters. The lowest BCUT2D eigenvalue weighted by atomic mass is 10.0. The predicted molar refractivity (Wildman–Crippen MR) is 66.4 cm³/mol. The van der Waals surface area contributed by atoms with Crippen LogP contribution in [0.4, 0.5) is 0 Å². The molecule has 1 fully saturated rings. The van der Waals surface area contributed by atoms with E-state index in [-0.39, 0.29) is 24.6 Å². The number of rotatable bonds is 7. The van der Waals surface area contributed by atoms with Crippen molar-refractivity contribution in [3.8, 4) is 0 Å². The van der Waals surface area contributed by atoms with Crippen molar-refractivity contribution in [1.29, 1.82) is 0 Å². The SMILES string of the molecule is CC(=O)CC1CCC(C(C)C(=O)OCC(O)CO)O1. The van der Waals surface area contributed by atoms with Crippen LogP contribution in [0.25, 0.3) is 0 Å². The van der Waals surface area contributed by atoms with E-state index in [1.807, 2.05) is 0 Å². The lowest BCUT2D eigenvalue weighted by Crippen LogP contribution is -2.31. The van der Waals surface area contributed by atoms with Crippen LogP contribution in [-0.2, 0) is 19.1 Å². The van der Waals surface area contributed by atoms with E-state index in [1.54, 1.807) is 6.92 Å². The van der Waals surface area contributed by atoms with Crippen LogP contribution >= 0.6 is 0 Å². The molecule has 0 saturated carbocycles. The van der Waals surface area contributed by atoms with Crippen LogP contribution in [0.1, 0.15) is 33.1 Å². The van der Waals surface area contributed by atoms with Gasteiger partial charge in [0.1, 0.15) is 18.5 Å². The number of Topliss-reactive ketones (excluding diaryl/α,β-unsaturated/α-hetero) is 1. The monoisotopic (exact) mass is 274 g/mol. The third kappa shape index (κ3) is 5.26. The molecule has 6 heteroatoms. The van der Waals surface area contributed by atoms with Gasteiger partial charge in [-0.1, -0.05) is 0 Å². The highest BCUT2D eigenvalue weighted by Gasteiger charge is 2.34. The van der Waals surface area contributed by atoms with Gasteiger partial charge < -0.3 is 19.7 Å². The number of aliphatic hydroxyl groups is 2. The molecule has 4 unspecified atom stereocenters. The molecular weight excluding hydrogens is 252 g/mol. The van der Waals surface area contributed by atoms with Gasteiger partial charge in [0.2, 0.25) is 0 Å². The summed E-state index contributed by atoms with van der Waals surface area (Å²) in [4.78, 5) is 22.7. The minimum Gasteiger partial charge on any atom is -0.463 e. The summed E-state index contributed by atoms with van der Waals surface area (Å²) in [5.74, 6) is -0.823. The minimum atomic E-state index is -1.05. The zero-order chi connectivity index (χ0) is 14.4. The van der Waals surface area contributed by atoms with Crippen LogP contribution in [0, 0.1) is 5.92 Å². The van der Waals surface area contributed by atoms with Crippen LogP contribution in [0.2, 0.25) is 0 Å². The Morgan fingerprint density at radius 3 is 2.68 bits per heavy atom. The van der Waals surface area contributed by atoms with E-state index in [4.69, 9.17) is 19.7 Å². The number of hydrogen-bond acceptors (Lipinski definition) is 6. The highest BCUT2D eigenvalue weighted by atomic mass is 16.5. The molecule has 0 spiro atoms. The quantitative estimate of drug-likeness (QED) is 0.637. The summed E-state index contributed by atoms with van der Waals surface area (Å²) in [5, 5.41) is 17.7. The Kier molecular flexibility index (Phi) is 6.41. The van der Waals surface area contributed by atoms with E-state index in [0.29, 0.717) is 6.42 Å². The van der Waals surface area contributed by atoms with Crippen molar-refractivity contribution in [2.24, 2.45) is 5.92 Å². The number of carbonyl (C=O) groups is 2. The van der Waals surface area contributed by atoms with Crippen molar-refractivity contribution >= 4 is 11.8 Å². The molecule has 1 heterocycles. The number of esters is 1. The first-order chi connectivity index (χ1) is 8.93. The van der Waals surface area contributed by atoms with Gasteiger partial charge in [-0.15, -0.1) is 0 Å². The van der Waals surface area contributed by atoms with E-state index in [0.717, 1.165) is 12.8 Å². The van der Waals surface area contributed by atoms with Crippen molar-refractivity contribution in [2.75, 3.05) is 13.2 Å². The van der Waals surface area contributed by atoms with E-state index < -0.39 is 24.6 Å². The fourth-order valence-electron chi connectivity index (χ4n) is 2.09. The van der Waals surface area contributed by atoms with Gasteiger partial charge in [-0.05, 0) is 26.7 Å². The van der Waals surface area contributed by atoms with E-state index >= 15 is 0 Å². The maximum atomic E-state index is 11.7. The number of ketones is 1. The summed E-state index contributed by atoms with van der Waals surface area (Å²) in [6.45, 7) is 2.56. The maximum Gasteiger partial charge on any atom is 0.311 e. The fourth-order valence-corrected chi connectivity index (χ4v) is 2.09. The van der Waals surface area contributed by atoms with Crippen molar-refractivity contribution in [1.82, 2.24) is 0 Å².